The summed E-state index contributed by atoms with van der Waals surface area (Å²) in [7, 11) is 0. The summed E-state index contributed by atoms with van der Waals surface area (Å²) in [6.45, 7) is 7.18. The minimum Gasteiger partial charge on any atom is -0.452 e. The molecule has 3 rings (SSSR count). The van der Waals surface area contributed by atoms with Crippen molar-refractivity contribution in [2.24, 2.45) is 0 Å². The molecule has 0 atom stereocenters. The van der Waals surface area contributed by atoms with Crippen LogP contribution in [0.4, 0.5) is 5.69 Å². The van der Waals surface area contributed by atoms with Crippen LogP contribution in [0, 0.1) is 13.8 Å². The lowest BCUT2D eigenvalue weighted by atomic mass is 10.0. The van der Waals surface area contributed by atoms with Gasteiger partial charge in [0.1, 0.15) is 0 Å². The van der Waals surface area contributed by atoms with Gasteiger partial charge in [-0.3, -0.25) is 9.78 Å². The van der Waals surface area contributed by atoms with Crippen LogP contribution < -0.4 is 4.90 Å². The summed E-state index contributed by atoms with van der Waals surface area (Å²) in [6, 6.07) is 17.0. The number of hydrogen-bond acceptors (Lipinski definition) is 4. The first-order chi connectivity index (χ1) is 13.4. The zero-order valence-corrected chi connectivity index (χ0v) is 16.6. The van der Waals surface area contributed by atoms with E-state index in [2.05, 4.69) is 4.98 Å². The molecule has 0 bridgehead atoms. The average molecular weight is 376 g/mol. The molecule has 0 aliphatic heterocycles. The van der Waals surface area contributed by atoms with Gasteiger partial charge in [0, 0.05) is 17.1 Å². The molecule has 0 aliphatic carbocycles. The predicted molar refractivity (Wildman–Crippen MR) is 111 cm³/mol. The third kappa shape index (κ3) is 3.88. The number of amides is 1. The van der Waals surface area contributed by atoms with Crippen molar-refractivity contribution in [2.45, 2.75) is 33.7 Å². The Morgan fingerprint density at radius 3 is 2.32 bits per heavy atom. The van der Waals surface area contributed by atoms with E-state index in [-0.39, 0.29) is 18.6 Å². The number of anilines is 1. The third-order valence-electron chi connectivity index (χ3n) is 4.68. The fourth-order valence-electron chi connectivity index (χ4n) is 3.42. The number of nitrogens with zero attached hydrogens (tertiary/aromatic N) is 2. The number of carbonyl (C=O) groups excluding carboxylic acids is 2. The van der Waals surface area contributed by atoms with Gasteiger partial charge in [-0.05, 0) is 51.5 Å². The molecular weight excluding hydrogens is 352 g/mol. The summed E-state index contributed by atoms with van der Waals surface area (Å²) in [5.74, 6) is -0.794. The fraction of sp³-hybridized carbons (Fsp3) is 0.261. The van der Waals surface area contributed by atoms with E-state index >= 15 is 0 Å². The van der Waals surface area contributed by atoms with Gasteiger partial charge in [-0.15, -0.1) is 0 Å². The monoisotopic (exact) mass is 376 g/mol. The molecule has 0 radical (unpaired) electrons. The number of carbonyl (C=O) groups is 2. The van der Waals surface area contributed by atoms with Gasteiger partial charge in [-0.1, -0.05) is 36.4 Å². The van der Waals surface area contributed by atoms with E-state index in [1.165, 1.54) is 0 Å². The van der Waals surface area contributed by atoms with Crippen LogP contribution in [-0.2, 0) is 9.53 Å². The Labute approximate surface area is 165 Å². The second kappa shape index (κ2) is 8.21. The highest BCUT2D eigenvalue weighted by atomic mass is 16.5. The standard InChI is InChI=1S/C23H24N2O3/c1-15(2)25(18-10-6-5-7-11-18)21(26)14-28-23(27)22-16(3)19-12-8-9-13-20(19)24-17(22)4/h5-13,15H,14H2,1-4H3. The van der Waals surface area contributed by atoms with Crippen LogP contribution in [0.5, 0.6) is 0 Å². The Kier molecular flexibility index (Phi) is 5.73. The number of pyridine rings is 1. The first kappa shape index (κ1) is 19.5. The normalized spacial score (nSPS) is 10.9. The van der Waals surface area contributed by atoms with Crippen molar-refractivity contribution in [2.75, 3.05) is 11.5 Å². The topological polar surface area (TPSA) is 59.5 Å². The van der Waals surface area contributed by atoms with Gasteiger partial charge < -0.3 is 9.64 Å². The van der Waals surface area contributed by atoms with Crippen LogP contribution in [0.3, 0.4) is 0 Å². The molecule has 1 aromatic heterocycles. The van der Waals surface area contributed by atoms with Crippen LogP contribution in [-0.4, -0.2) is 29.5 Å². The van der Waals surface area contributed by atoms with Crippen LogP contribution in [0.15, 0.2) is 54.6 Å². The molecule has 5 nitrogen and oxygen atoms in total. The van der Waals surface area contributed by atoms with Gasteiger partial charge in [0.15, 0.2) is 6.61 Å². The van der Waals surface area contributed by atoms with Crippen LogP contribution in [0.25, 0.3) is 10.9 Å². The maximum Gasteiger partial charge on any atom is 0.340 e. The number of benzene rings is 2. The highest BCUT2D eigenvalue weighted by molar-refractivity contribution is 6.00. The van der Waals surface area contributed by atoms with Crippen molar-refractivity contribution in [3.05, 3.63) is 71.4 Å². The van der Waals surface area contributed by atoms with E-state index in [0.29, 0.717) is 11.3 Å². The molecule has 28 heavy (non-hydrogen) atoms. The molecule has 0 spiro atoms. The SMILES string of the molecule is Cc1nc2ccccc2c(C)c1C(=O)OCC(=O)N(c1ccccc1)C(C)C. The van der Waals surface area contributed by atoms with Crippen molar-refractivity contribution in [3.63, 3.8) is 0 Å². The Bertz CT molecular complexity index is 1010. The number of hydrogen-bond donors (Lipinski definition) is 0. The van der Waals surface area contributed by atoms with Gasteiger partial charge in [-0.2, -0.15) is 0 Å². The summed E-state index contributed by atoms with van der Waals surface area (Å²) in [6.07, 6.45) is 0. The molecule has 1 heterocycles. The Morgan fingerprint density at radius 1 is 1.00 bits per heavy atom. The van der Waals surface area contributed by atoms with Gasteiger partial charge in [0.25, 0.3) is 5.91 Å². The second-order valence-corrected chi connectivity index (χ2v) is 6.98. The van der Waals surface area contributed by atoms with Gasteiger partial charge in [0.2, 0.25) is 0 Å². The number of fused-ring (bicyclic) bond motifs is 1. The highest BCUT2D eigenvalue weighted by Gasteiger charge is 2.23. The van der Waals surface area contributed by atoms with E-state index in [1.54, 1.807) is 11.8 Å². The minimum absolute atomic E-state index is 0.0561. The molecule has 0 unspecified atom stereocenters. The number of para-hydroxylation sites is 2. The lowest BCUT2D eigenvalue weighted by Crippen LogP contribution is -2.40. The molecule has 1 amide bonds. The quantitative estimate of drug-likeness (QED) is 0.617. The summed E-state index contributed by atoms with van der Waals surface area (Å²) >= 11 is 0. The van der Waals surface area contributed by atoms with Crippen LogP contribution >= 0.6 is 0 Å². The average Bonchev–Trinajstić information content (AvgIpc) is 2.67. The molecule has 0 aliphatic rings. The van der Waals surface area contributed by atoms with Gasteiger partial charge in [-0.25, -0.2) is 4.79 Å². The number of esters is 1. The van der Waals surface area contributed by atoms with Crippen molar-refractivity contribution in [1.82, 2.24) is 4.98 Å². The lowest BCUT2D eigenvalue weighted by molar-refractivity contribution is -0.122. The minimum atomic E-state index is -0.529. The smallest absolute Gasteiger partial charge is 0.340 e. The number of aryl methyl sites for hydroxylation is 2. The van der Waals surface area contributed by atoms with Gasteiger partial charge in [0.05, 0.1) is 16.8 Å². The first-order valence-electron chi connectivity index (χ1n) is 9.30. The highest BCUT2D eigenvalue weighted by Crippen LogP contribution is 2.23. The van der Waals surface area contributed by atoms with E-state index in [0.717, 1.165) is 22.2 Å². The number of rotatable bonds is 5. The van der Waals surface area contributed by atoms with Crippen molar-refractivity contribution >= 4 is 28.5 Å². The molecular formula is C23H24N2O3. The van der Waals surface area contributed by atoms with Crippen molar-refractivity contribution < 1.29 is 14.3 Å². The van der Waals surface area contributed by atoms with E-state index in [4.69, 9.17) is 4.74 Å². The molecule has 2 aromatic carbocycles. The number of aromatic nitrogens is 1. The zero-order valence-electron chi connectivity index (χ0n) is 16.6. The Balaban J connectivity index is 1.80. The third-order valence-corrected chi connectivity index (χ3v) is 4.68. The summed E-state index contributed by atoms with van der Waals surface area (Å²) < 4.78 is 5.38. The van der Waals surface area contributed by atoms with Gasteiger partial charge >= 0.3 is 5.97 Å². The van der Waals surface area contributed by atoms with Crippen molar-refractivity contribution in [3.8, 4) is 0 Å². The largest absolute Gasteiger partial charge is 0.452 e. The molecule has 3 aromatic rings. The van der Waals surface area contributed by atoms with Crippen LogP contribution in [0.1, 0.15) is 35.5 Å². The zero-order chi connectivity index (χ0) is 20.3. The van der Waals surface area contributed by atoms with E-state index in [9.17, 15) is 9.59 Å². The first-order valence-corrected chi connectivity index (χ1v) is 9.30. The Morgan fingerprint density at radius 2 is 1.64 bits per heavy atom. The van der Waals surface area contributed by atoms with E-state index < -0.39 is 5.97 Å². The van der Waals surface area contributed by atoms with E-state index in [1.807, 2.05) is 75.4 Å². The second-order valence-electron chi connectivity index (χ2n) is 6.98. The summed E-state index contributed by atoms with van der Waals surface area (Å²) in [5.41, 5.74) is 3.43. The molecule has 5 heteroatoms. The molecule has 144 valence electrons. The van der Waals surface area contributed by atoms with Crippen molar-refractivity contribution in [1.29, 1.82) is 0 Å². The molecule has 0 saturated carbocycles. The fourth-order valence-corrected chi connectivity index (χ4v) is 3.42. The predicted octanol–water partition coefficient (Wildman–Crippen LogP) is 4.45. The number of ether oxygens (including phenoxy) is 1. The molecule has 0 saturated heterocycles. The lowest BCUT2D eigenvalue weighted by Gasteiger charge is -2.26. The molecule has 0 fully saturated rings. The maximum atomic E-state index is 12.7. The molecule has 0 N–H and O–H groups in total. The summed E-state index contributed by atoms with van der Waals surface area (Å²) in [5, 5.41) is 0.902. The Hall–Kier alpha value is -3.21. The maximum absolute atomic E-state index is 12.7. The summed E-state index contributed by atoms with van der Waals surface area (Å²) in [4.78, 5) is 31.6. The van der Waals surface area contributed by atoms with Crippen LogP contribution in [0.2, 0.25) is 0 Å².